The standard InChI is InChI=1S/C9H13BrN4/c1-7-5-14(3-2-12-7)9-8(10)4-11-6-13-9/h4,6-7,12H,2-3,5H2,1H3. The fraction of sp³-hybridized carbons (Fsp3) is 0.556. The lowest BCUT2D eigenvalue weighted by atomic mass is 10.2. The number of hydrogen-bond donors (Lipinski definition) is 1. The Balaban J connectivity index is 2.18. The Morgan fingerprint density at radius 2 is 2.50 bits per heavy atom. The quantitative estimate of drug-likeness (QED) is 0.816. The largest absolute Gasteiger partial charge is 0.353 e. The van der Waals surface area contributed by atoms with E-state index >= 15 is 0 Å². The molecule has 14 heavy (non-hydrogen) atoms. The summed E-state index contributed by atoms with van der Waals surface area (Å²) >= 11 is 3.46. The van der Waals surface area contributed by atoms with E-state index in [1.807, 2.05) is 0 Å². The molecule has 0 aliphatic carbocycles. The van der Waals surface area contributed by atoms with Crippen molar-refractivity contribution < 1.29 is 0 Å². The van der Waals surface area contributed by atoms with Crippen LogP contribution in [0.4, 0.5) is 5.82 Å². The van der Waals surface area contributed by atoms with Crippen molar-refractivity contribution in [2.24, 2.45) is 0 Å². The monoisotopic (exact) mass is 256 g/mol. The number of piperazine rings is 1. The Kier molecular flexibility index (Phi) is 2.98. The summed E-state index contributed by atoms with van der Waals surface area (Å²) in [6, 6.07) is 0.519. The molecule has 0 bridgehead atoms. The van der Waals surface area contributed by atoms with Gasteiger partial charge in [-0.05, 0) is 22.9 Å². The summed E-state index contributed by atoms with van der Waals surface area (Å²) in [4.78, 5) is 10.5. The van der Waals surface area contributed by atoms with Crippen LogP contribution in [0.2, 0.25) is 0 Å². The van der Waals surface area contributed by atoms with Crippen LogP contribution < -0.4 is 10.2 Å². The summed E-state index contributed by atoms with van der Waals surface area (Å²) in [6.45, 7) is 5.19. The number of aromatic nitrogens is 2. The van der Waals surface area contributed by atoms with Gasteiger partial charge < -0.3 is 10.2 Å². The highest BCUT2D eigenvalue weighted by molar-refractivity contribution is 9.10. The van der Waals surface area contributed by atoms with E-state index in [2.05, 4.69) is 43.0 Å². The van der Waals surface area contributed by atoms with Gasteiger partial charge in [0, 0.05) is 31.9 Å². The summed E-state index contributed by atoms with van der Waals surface area (Å²) in [6.07, 6.45) is 3.38. The van der Waals surface area contributed by atoms with E-state index in [1.54, 1.807) is 12.5 Å². The first-order valence-corrected chi connectivity index (χ1v) is 5.50. The Hall–Kier alpha value is -0.680. The lowest BCUT2D eigenvalue weighted by Crippen LogP contribution is -2.49. The van der Waals surface area contributed by atoms with Crippen LogP contribution in [-0.2, 0) is 0 Å². The van der Waals surface area contributed by atoms with E-state index in [4.69, 9.17) is 0 Å². The fourth-order valence-electron chi connectivity index (χ4n) is 1.66. The average Bonchev–Trinajstić information content (AvgIpc) is 2.18. The van der Waals surface area contributed by atoms with Gasteiger partial charge in [-0.1, -0.05) is 0 Å². The molecule has 0 radical (unpaired) electrons. The molecule has 1 N–H and O–H groups in total. The van der Waals surface area contributed by atoms with Gasteiger partial charge in [-0.3, -0.25) is 0 Å². The number of nitrogens with zero attached hydrogens (tertiary/aromatic N) is 3. The van der Waals surface area contributed by atoms with Crippen molar-refractivity contribution in [2.45, 2.75) is 13.0 Å². The summed E-state index contributed by atoms with van der Waals surface area (Å²) in [5.74, 6) is 0.994. The number of rotatable bonds is 1. The van der Waals surface area contributed by atoms with Gasteiger partial charge in [0.25, 0.3) is 0 Å². The molecule has 1 aromatic rings. The van der Waals surface area contributed by atoms with E-state index in [0.29, 0.717) is 6.04 Å². The maximum atomic E-state index is 4.28. The molecule has 2 heterocycles. The highest BCUT2D eigenvalue weighted by Gasteiger charge is 2.18. The highest BCUT2D eigenvalue weighted by atomic mass is 79.9. The Bertz CT molecular complexity index is 317. The molecule has 1 aromatic heterocycles. The molecule has 1 unspecified atom stereocenters. The second kappa shape index (κ2) is 4.23. The van der Waals surface area contributed by atoms with Gasteiger partial charge in [-0.2, -0.15) is 0 Å². The van der Waals surface area contributed by atoms with E-state index in [1.165, 1.54) is 0 Å². The van der Waals surface area contributed by atoms with Crippen molar-refractivity contribution in [1.82, 2.24) is 15.3 Å². The molecule has 2 rings (SSSR count). The summed E-state index contributed by atoms with van der Waals surface area (Å²) < 4.78 is 0.967. The van der Waals surface area contributed by atoms with Crippen molar-refractivity contribution in [3.63, 3.8) is 0 Å². The second-order valence-corrected chi connectivity index (χ2v) is 4.35. The Labute approximate surface area is 91.9 Å². The third-order valence-electron chi connectivity index (χ3n) is 2.32. The minimum Gasteiger partial charge on any atom is -0.353 e. The zero-order chi connectivity index (χ0) is 9.97. The van der Waals surface area contributed by atoms with Crippen LogP contribution in [0.1, 0.15) is 6.92 Å². The van der Waals surface area contributed by atoms with Crippen LogP contribution in [-0.4, -0.2) is 35.6 Å². The summed E-state index contributed by atoms with van der Waals surface area (Å²) in [7, 11) is 0. The Morgan fingerprint density at radius 1 is 1.64 bits per heavy atom. The summed E-state index contributed by atoms with van der Waals surface area (Å²) in [5, 5.41) is 3.40. The van der Waals surface area contributed by atoms with Crippen LogP contribution in [0.3, 0.4) is 0 Å². The van der Waals surface area contributed by atoms with E-state index in [-0.39, 0.29) is 0 Å². The van der Waals surface area contributed by atoms with Crippen molar-refractivity contribution in [1.29, 1.82) is 0 Å². The maximum Gasteiger partial charge on any atom is 0.146 e. The van der Waals surface area contributed by atoms with Crippen LogP contribution in [0.15, 0.2) is 17.0 Å². The van der Waals surface area contributed by atoms with Crippen LogP contribution in [0, 0.1) is 0 Å². The van der Waals surface area contributed by atoms with Gasteiger partial charge in [0.15, 0.2) is 0 Å². The molecular formula is C9H13BrN4. The molecule has 1 fully saturated rings. The molecule has 0 spiro atoms. The number of nitrogens with one attached hydrogen (secondary N) is 1. The number of hydrogen-bond acceptors (Lipinski definition) is 4. The molecular weight excluding hydrogens is 244 g/mol. The third kappa shape index (κ3) is 2.04. The first kappa shape index (κ1) is 9.86. The molecule has 1 aliphatic heterocycles. The van der Waals surface area contributed by atoms with E-state index < -0.39 is 0 Å². The topological polar surface area (TPSA) is 41.1 Å². The maximum absolute atomic E-state index is 4.28. The number of anilines is 1. The molecule has 1 aliphatic rings. The van der Waals surface area contributed by atoms with Gasteiger partial charge in [0.2, 0.25) is 0 Å². The molecule has 0 amide bonds. The van der Waals surface area contributed by atoms with Crippen molar-refractivity contribution in [3.05, 3.63) is 17.0 Å². The van der Waals surface area contributed by atoms with Crippen LogP contribution in [0.25, 0.3) is 0 Å². The normalized spacial score (nSPS) is 22.4. The zero-order valence-corrected chi connectivity index (χ0v) is 9.66. The molecule has 76 valence electrons. The molecule has 0 aromatic carbocycles. The van der Waals surface area contributed by atoms with E-state index in [0.717, 1.165) is 29.9 Å². The van der Waals surface area contributed by atoms with Crippen LogP contribution in [0.5, 0.6) is 0 Å². The van der Waals surface area contributed by atoms with Gasteiger partial charge in [-0.15, -0.1) is 0 Å². The molecule has 0 saturated carbocycles. The SMILES string of the molecule is CC1CN(c2ncncc2Br)CCN1. The molecule has 4 nitrogen and oxygen atoms in total. The minimum atomic E-state index is 0.519. The molecule has 1 atom stereocenters. The first-order chi connectivity index (χ1) is 6.77. The third-order valence-corrected chi connectivity index (χ3v) is 2.88. The average molecular weight is 257 g/mol. The lowest BCUT2D eigenvalue weighted by Gasteiger charge is -2.33. The molecule has 5 heteroatoms. The Morgan fingerprint density at radius 3 is 3.21 bits per heavy atom. The van der Waals surface area contributed by atoms with Gasteiger partial charge in [0.1, 0.15) is 12.1 Å². The fourth-order valence-corrected chi connectivity index (χ4v) is 2.13. The summed E-state index contributed by atoms with van der Waals surface area (Å²) in [5.41, 5.74) is 0. The number of halogens is 1. The molecule has 1 saturated heterocycles. The smallest absolute Gasteiger partial charge is 0.146 e. The van der Waals surface area contributed by atoms with Gasteiger partial charge in [-0.25, -0.2) is 9.97 Å². The van der Waals surface area contributed by atoms with Crippen molar-refractivity contribution in [3.8, 4) is 0 Å². The van der Waals surface area contributed by atoms with Crippen molar-refractivity contribution >= 4 is 21.7 Å². The predicted molar refractivity (Wildman–Crippen MR) is 59.4 cm³/mol. The highest BCUT2D eigenvalue weighted by Crippen LogP contribution is 2.22. The predicted octanol–water partition coefficient (Wildman–Crippen LogP) is 1.04. The van der Waals surface area contributed by atoms with E-state index in [9.17, 15) is 0 Å². The van der Waals surface area contributed by atoms with Crippen molar-refractivity contribution in [2.75, 3.05) is 24.5 Å². The minimum absolute atomic E-state index is 0.519. The van der Waals surface area contributed by atoms with Gasteiger partial charge in [0.05, 0.1) is 4.47 Å². The first-order valence-electron chi connectivity index (χ1n) is 4.71. The second-order valence-electron chi connectivity index (χ2n) is 3.50. The lowest BCUT2D eigenvalue weighted by molar-refractivity contribution is 0.481. The van der Waals surface area contributed by atoms with Crippen LogP contribution >= 0.6 is 15.9 Å². The zero-order valence-electron chi connectivity index (χ0n) is 8.07. The van der Waals surface area contributed by atoms with Gasteiger partial charge >= 0.3 is 0 Å².